The molecule has 0 spiro atoms. The molecule has 0 amide bonds. The van der Waals surface area contributed by atoms with Gasteiger partial charge in [0.05, 0.1) is 22.4 Å². The van der Waals surface area contributed by atoms with Crippen LogP contribution in [-0.4, -0.2) is 21.9 Å². The highest BCUT2D eigenvalue weighted by Crippen LogP contribution is 2.30. The standard InChI is InChI=1S/C19H16N6O2/c1-24-22-18-16(19(26)27-2)15(13-9-5-3-6-10-13)17(25(18)23-24)21-20-14-11-7-4-8-12-14/h3-12H,1-2H3. The molecule has 0 radical (unpaired) electrons. The number of hydrogen-bond acceptors (Lipinski definition) is 6. The minimum absolute atomic E-state index is 0.304. The van der Waals surface area contributed by atoms with E-state index in [2.05, 4.69) is 20.5 Å². The fraction of sp³-hybridized carbons (Fsp3) is 0.105. The number of aromatic nitrogens is 4. The van der Waals surface area contributed by atoms with E-state index >= 15 is 0 Å². The van der Waals surface area contributed by atoms with Crippen molar-refractivity contribution >= 4 is 23.1 Å². The van der Waals surface area contributed by atoms with Gasteiger partial charge in [0.25, 0.3) is 11.5 Å². The number of azo groups is 1. The maximum Gasteiger partial charge on any atom is 0.300 e. The molecule has 0 aliphatic carbocycles. The molecule has 0 atom stereocenters. The molecule has 27 heavy (non-hydrogen) atoms. The smallest absolute Gasteiger partial charge is 0.300 e. The van der Waals surface area contributed by atoms with E-state index < -0.39 is 5.95 Å². The first kappa shape index (κ1) is 16.6. The first-order valence-electron chi connectivity index (χ1n) is 8.25. The number of aryl methyl sites for hydroxylation is 1. The first-order chi connectivity index (χ1) is 13.2. The fourth-order valence-corrected chi connectivity index (χ4v) is 2.87. The van der Waals surface area contributed by atoms with Crippen molar-refractivity contribution in [1.29, 1.82) is 0 Å². The molecule has 0 saturated carbocycles. The molecule has 4 aromatic rings. The first-order valence-corrected chi connectivity index (χ1v) is 8.25. The van der Waals surface area contributed by atoms with E-state index in [0.717, 1.165) is 5.56 Å². The largest absolute Gasteiger partial charge is 0.616 e. The average Bonchev–Trinajstić information content (AvgIpc) is 3.22. The monoisotopic (exact) mass is 360 g/mol. The number of hydrogen-bond donors (Lipinski definition) is 0. The molecule has 0 N–H and O–H groups in total. The van der Waals surface area contributed by atoms with Crippen LogP contribution in [0.3, 0.4) is 0 Å². The molecule has 0 saturated heterocycles. The summed E-state index contributed by atoms with van der Waals surface area (Å²) in [5, 5.41) is 30.1. The molecular formula is C19H16N6O2. The summed E-state index contributed by atoms with van der Waals surface area (Å²) in [7, 11) is 3.01. The Hall–Kier alpha value is -3.81. The summed E-state index contributed by atoms with van der Waals surface area (Å²) in [5.74, 6) is -0.0958. The van der Waals surface area contributed by atoms with Gasteiger partial charge in [0.15, 0.2) is 0 Å². The summed E-state index contributed by atoms with van der Waals surface area (Å²) in [6.07, 6.45) is 0. The number of tetrazole rings is 1. The van der Waals surface area contributed by atoms with Crippen molar-refractivity contribution in [1.82, 2.24) is 14.8 Å². The van der Waals surface area contributed by atoms with E-state index in [9.17, 15) is 5.11 Å². The second-order valence-electron chi connectivity index (χ2n) is 5.78. The Balaban J connectivity index is 2.06. The normalized spacial score (nSPS) is 12.7. The van der Waals surface area contributed by atoms with Gasteiger partial charge in [0.2, 0.25) is 0 Å². The van der Waals surface area contributed by atoms with E-state index in [1.165, 1.54) is 16.4 Å². The highest BCUT2D eigenvalue weighted by Gasteiger charge is 2.27. The highest BCUT2D eigenvalue weighted by molar-refractivity contribution is 5.81. The molecule has 0 aliphatic rings. The number of nitrogens with zero attached hydrogens (tertiary/aromatic N) is 6. The Morgan fingerprint density at radius 3 is 2.37 bits per heavy atom. The number of ether oxygens (including phenoxy) is 1. The molecular weight excluding hydrogens is 344 g/mol. The van der Waals surface area contributed by atoms with Crippen LogP contribution in [0, 0.1) is 0 Å². The zero-order valence-corrected chi connectivity index (χ0v) is 14.8. The van der Waals surface area contributed by atoms with Crippen LogP contribution in [0.4, 0.5) is 11.5 Å². The second-order valence-corrected chi connectivity index (χ2v) is 5.78. The third-order valence-electron chi connectivity index (χ3n) is 4.03. The number of methoxy groups -OCH3 is 1. The summed E-state index contributed by atoms with van der Waals surface area (Å²) in [6.45, 7) is 0. The van der Waals surface area contributed by atoms with Crippen molar-refractivity contribution in [2.75, 3.05) is 7.11 Å². The molecule has 0 fully saturated rings. The number of fused-ring (bicyclic) bond motifs is 1. The lowest BCUT2D eigenvalue weighted by atomic mass is 10.1. The van der Waals surface area contributed by atoms with E-state index in [1.54, 1.807) is 7.05 Å². The molecule has 0 aliphatic heterocycles. The van der Waals surface area contributed by atoms with Crippen molar-refractivity contribution in [2.24, 2.45) is 17.3 Å². The van der Waals surface area contributed by atoms with Gasteiger partial charge in [-0.1, -0.05) is 53.0 Å². The SMILES string of the molecule is CO/C([O-])=c1\c(-c2ccccc2)c(N=Nc2ccccc2)n2n[n+](C)nc12. The van der Waals surface area contributed by atoms with Crippen LogP contribution < -0.4 is 15.1 Å². The fourth-order valence-electron chi connectivity index (χ4n) is 2.87. The van der Waals surface area contributed by atoms with E-state index in [1.807, 2.05) is 60.7 Å². The van der Waals surface area contributed by atoms with Crippen molar-refractivity contribution in [3.05, 3.63) is 65.9 Å². The van der Waals surface area contributed by atoms with Gasteiger partial charge >= 0.3 is 0 Å². The molecule has 8 heteroatoms. The van der Waals surface area contributed by atoms with Gasteiger partial charge in [-0.05, 0) is 34.7 Å². The summed E-state index contributed by atoms with van der Waals surface area (Å²) >= 11 is 0. The predicted molar refractivity (Wildman–Crippen MR) is 95.9 cm³/mol. The average molecular weight is 360 g/mol. The second kappa shape index (κ2) is 6.83. The zero-order valence-electron chi connectivity index (χ0n) is 14.8. The van der Waals surface area contributed by atoms with Crippen LogP contribution in [-0.2, 0) is 11.8 Å². The maximum absolute atomic E-state index is 12.5. The minimum Gasteiger partial charge on any atom is -0.616 e. The van der Waals surface area contributed by atoms with E-state index in [4.69, 9.17) is 4.74 Å². The van der Waals surface area contributed by atoms with Crippen LogP contribution in [0.5, 0.6) is 0 Å². The van der Waals surface area contributed by atoms with Crippen LogP contribution in [0.25, 0.3) is 22.7 Å². The van der Waals surface area contributed by atoms with Crippen LogP contribution in [0.1, 0.15) is 0 Å². The van der Waals surface area contributed by atoms with Gasteiger partial charge in [0.1, 0.15) is 12.3 Å². The molecule has 8 nitrogen and oxygen atoms in total. The third kappa shape index (κ3) is 2.97. The molecule has 0 bridgehead atoms. The Morgan fingerprint density at radius 2 is 1.70 bits per heavy atom. The Labute approximate surface area is 154 Å². The number of rotatable bonds is 4. The van der Waals surface area contributed by atoms with Gasteiger partial charge in [-0.15, -0.1) is 10.2 Å². The van der Waals surface area contributed by atoms with Crippen LogP contribution in [0.15, 0.2) is 70.9 Å². The Bertz CT molecular complexity index is 1170. The molecule has 2 heterocycles. The topological polar surface area (TPSA) is 91.1 Å². The van der Waals surface area contributed by atoms with Crippen molar-refractivity contribution < 1.29 is 14.6 Å². The summed E-state index contributed by atoms with van der Waals surface area (Å²) in [6, 6.07) is 18.8. The summed E-state index contributed by atoms with van der Waals surface area (Å²) < 4.78 is 6.49. The Morgan fingerprint density at radius 1 is 1.04 bits per heavy atom. The van der Waals surface area contributed by atoms with E-state index in [-0.39, 0.29) is 0 Å². The molecule has 2 aromatic heterocycles. The van der Waals surface area contributed by atoms with Gasteiger partial charge in [-0.3, -0.25) is 0 Å². The number of benzene rings is 2. The van der Waals surface area contributed by atoms with Crippen molar-refractivity contribution in [3.63, 3.8) is 0 Å². The van der Waals surface area contributed by atoms with Crippen molar-refractivity contribution in [3.8, 4) is 11.1 Å². The maximum atomic E-state index is 12.5. The minimum atomic E-state index is -0.506. The summed E-state index contributed by atoms with van der Waals surface area (Å²) in [4.78, 5) is 1.37. The van der Waals surface area contributed by atoms with Gasteiger partial charge in [0, 0.05) is 0 Å². The zero-order chi connectivity index (χ0) is 18.8. The van der Waals surface area contributed by atoms with Gasteiger partial charge in [-0.2, -0.15) is 0 Å². The quantitative estimate of drug-likeness (QED) is 0.407. The van der Waals surface area contributed by atoms with Gasteiger partial charge in [-0.25, -0.2) is 0 Å². The lowest BCUT2D eigenvalue weighted by molar-refractivity contribution is -0.783. The lowest BCUT2D eigenvalue weighted by Gasteiger charge is -2.07. The lowest BCUT2D eigenvalue weighted by Crippen LogP contribution is -2.34. The third-order valence-corrected chi connectivity index (χ3v) is 4.03. The van der Waals surface area contributed by atoms with Crippen molar-refractivity contribution in [2.45, 2.75) is 0 Å². The molecule has 0 unspecified atom stereocenters. The van der Waals surface area contributed by atoms with Crippen LogP contribution >= 0.6 is 0 Å². The summed E-state index contributed by atoms with van der Waals surface area (Å²) in [5.41, 5.74) is 2.44. The molecule has 4 rings (SSSR count). The van der Waals surface area contributed by atoms with Crippen LogP contribution in [0.2, 0.25) is 0 Å². The van der Waals surface area contributed by atoms with Gasteiger partial charge < -0.3 is 9.84 Å². The molecule has 2 aromatic carbocycles. The highest BCUT2D eigenvalue weighted by atomic mass is 16.6. The predicted octanol–water partition coefficient (Wildman–Crippen LogP) is 1.43. The van der Waals surface area contributed by atoms with E-state index in [0.29, 0.717) is 27.9 Å². The Kier molecular flexibility index (Phi) is 4.21. The molecule has 134 valence electrons.